The van der Waals surface area contributed by atoms with Crippen LogP contribution in [-0.2, 0) is 6.42 Å². The Bertz CT molecular complexity index is 407. The predicted octanol–water partition coefficient (Wildman–Crippen LogP) is 2.11. The average Bonchev–Trinajstić information content (AvgIpc) is 2.42. The number of nitrogens with two attached hydrogens (primary N) is 1. The Balaban J connectivity index is 2.36. The van der Waals surface area contributed by atoms with Crippen LogP contribution in [0.2, 0.25) is 0 Å². The molecule has 0 radical (unpaired) electrons. The van der Waals surface area contributed by atoms with Crippen LogP contribution in [0.25, 0.3) is 11.0 Å². The number of nitrogens with zero attached hydrogens (tertiary/aromatic N) is 1. The van der Waals surface area contributed by atoms with Crippen LogP contribution in [0.5, 0.6) is 0 Å². The molecule has 0 atom stereocenters. The molecule has 2 heterocycles. The van der Waals surface area contributed by atoms with Gasteiger partial charge >= 0.3 is 0 Å². The molecule has 14 heavy (non-hydrogen) atoms. The van der Waals surface area contributed by atoms with E-state index in [9.17, 15) is 0 Å². The van der Waals surface area contributed by atoms with E-state index in [4.69, 9.17) is 10.2 Å². The van der Waals surface area contributed by atoms with Crippen molar-refractivity contribution < 1.29 is 4.42 Å². The van der Waals surface area contributed by atoms with Crippen molar-refractivity contribution in [3.63, 3.8) is 0 Å². The van der Waals surface area contributed by atoms with Crippen LogP contribution >= 0.6 is 0 Å². The minimum atomic E-state index is -0.235. The zero-order chi connectivity index (χ0) is 10.2. The molecule has 3 heteroatoms. The molecule has 2 aromatic heterocycles. The van der Waals surface area contributed by atoms with Crippen molar-refractivity contribution in [3.05, 3.63) is 30.3 Å². The second kappa shape index (κ2) is 3.10. The summed E-state index contributed by atoms with van der Waals surface area (Å²) in [6.07, 6.45) is 4.26. The van der Waals surface area contributed by atoms with Gasteiger partial charge in [0.25, 0.3) is 0 Å². The summed E-state index contributed by atoms with van der Waals surface area (Å²) in [7, 11) is 0. The van der Waals surface area contributed by atoms with Crippen LogP contribution < -0.4 is 5.73 Å². The highest BCUT2D eigenvalue weighted by atomic mass is 16.3. The lowest BCUT2D eigenvalue weighted by Crippen LogP contribution is -2.34. The summed E-state index contributed by atoms with van der Waals surface area (Å²) in [5, 5.41) is 1.03. The summed E-state index contributed by atoms with van der Waals surface area (Å²) < 4.78 is 5.62. The van der Waals surface area contributed by atoms with E-state index in [2.05, 4.69) is 4.98 Å². The van der Waals surface area contributed by atoms with Gasteiger partial charge in [-0.05, 0) is 26.0 Å². The van der Waals surface area contributed by atoms with E-state index in [0.29, 0.717) is 0 Å². The van der Waals surface area contributed by atoms with Crippen LogP contribution in [0.15, 0.2) is 28.9 Å². The van der Waals surface area contributed by atoms with E-state index >= 15 is 0 Å². The molecule has 74 valence electrons. The van der Waals surface area contributed by atoms with Gasteiger partial charge in [0.05, 0.1) is 0 Å². The predicted molar refractivity (Wildman–Crippen MR) is 56.0 cm³/mol. The second-order valence-electron chi connectivity index (χ2n) is 4.29. The van der Waals surface area contributed by atoms with Gasteiger partial charge < -0.3 is 10.2 Å². The first-order valence-corrected chi connectivity index (χ1v) is 4.66. The van der Waals surface area contributed by atoms with Gasteiger partial charge in [0.2, 0.25) is 0 Å². The molecule has 2 N–H and O–H groups in total. The lowest BCUT2D eigenvalue weighted by atomic mass is 10.0. The van der Waals surface area contributed by atoms with E-state index in [0.717, 1.165) is 23.2 Å². The van der Waals surface area contributed by atoms with Crippen molar-refractivity contribution >= 4 is 11.0 Å². The highest BCUT2D eigenvalue weighted by molar-refractivity contribution is 5.76. The van der Waals surface area contributed by atoms with Crippen LogP contribution in [0.4, 0.5) is 0 Å². The van der Waals surface area contributed by atoms with Crippen LogP contribution in [-0.4, -0.2) is 10.5 Å². The Kier molecular flexibility index (Phi) is 2.04. The molecule has 0 saturated heterocycles. The summed E-state index contributed by atoms with van der Waals surface area (Å²) in [4.78, 5) is 4.03. The Morgan fingerprint density at radius 1 is 1.50 bits per heavy atom. The number of pyridine rings is 1. The van der Waals surface area contributed by atoms with Gasteiger partial charge in [-0.3, -0.25) is 4.98 Å². The molecule has 3 nitrogen and oxygen atoms in total. The minimum absolute atomic E-state index is 0.235. The van der Waals surface area contributed by atoms with E-state index in [-0.39, 0.29) is 5.54 Å². The molecule has 0 aliphatic heterocycles. The topological polar surface area (TPSA) is 52.0 Å². The average molecular weight is 190 g/mol. The van der Waals surface area contributed by atoms with Gasteiger partial charge in [-0.25, -0.2) is 0 Å². The van der Waals surface area contributed by atoms with Crippen molar-refractivity contribution in [3.8, 4) is 0 Å². The first-order valence-electron chi connectivity index (χ1n) is 4.66. The van der Waals surface area contributed by atoms with E-state index in [1.165, 1.54) is 0 Å². The minimum Gasteiger partial charge on any atom is -0.461 e. The van der Waals surface area contributed by atoms with Crippen molar-refractivity contribution in [2.24, 2.45) is 5.73 Å². The highest BCUT2D eigenvalue weighted by Gasteiger charge is 2.14. The second-order valence-corrected chi connectivity index (χ2v) is 4.29. The van der Waals surface area contributed by atoms with Gasteiger partial charge in [-0.1, -0.05) is 0 Å². The smallest absolute Gasteiger partial charge is 0.137 e. The van der Waals surface area contributed by atoms with E-state index in [1.807, 2.05) is 26.0 Å². The fourth-order valence-corrected chi connectivity index (χ4v) is 1.48. The number of hydrogen-bond donors (Lipinski definition) is 1. The molecular weight excluding hydrogens is 176 g/mol. The molecule has 0 unspecified atom stereocenters. The molecule has 0 saturated carbocycles. The van der Waals surface area contributed by atoms with Crippen LogP contribution in [0.1, 0.15) is 19.6 Å². The van der Waals surface area contributed by atoms with Crippen molar-refractivity contribution in [2.75, 3.05) is 0 Å². The molecular formula is C11H14N2O. The van der Waals surface area contributed by atoms with Crippen molar-refractivity contribution in [1.82, 2.24) is 4.98 Å². The molecule has 0 bridgehead atoms. The Morgan fingerprint density at radius 2 is 2.29 bits per heavy atom. The molecule has 2 aromatic rings. The molecule has 0 spiro atoms. The standard InChI is InChI=1S/C11H14N2O/c1-11(2,12)6-9-5-8-7-13-4-3-10(8)14-9/h3-5,7H,6,12H2,1-2H3. The van der Waals surface area contributed by atoms with Gasteiger partial charge in [0, 0.05) is 29.7 Å². The SMILES string of the molecule is CC(C)(N)Cc1cc2cnccc2o1. The number of furan rings is 1. The number of fused-ring (bicyclic) bond motifs is 1. The molecule has 0 aliphatic rings. The summed E-state index contributed by atoms with van der Waals surface area (Å²) in [5.41, 5.74) is 6.55. The highest BCUT2D eigenvalue weighted by Crippen LogP contribution is 2.20. The molecule has 2 rings (SSSR count). The Hall–Kier alpha value is -1.35. The lowest BCUT2D eigenvalue weighted by Gasteiger charge is -2.15. The number of hydrogen-bond acceptors (Lipinski definition) is 3. The van der Waals surface area contributed by atoms with Gasteiger partial charge in [0.15, 0.2) is 0 Å². The normalized spacial score (nSPS) is 12.2. The number of aromatic nitrogens is 1. The third-order valence-electron chi connectivity index (χ3n) is 2.00. The van der Waals surface area contributed by atoms with Crippen LogP contribution in [0, 0.1) is 0 Å². The fourth-order valence-electron chi connectivity index (χ4n) is 1.48. The lowest BCUT2D eigenvalue weighted by molar-refractivity contribution is 0.446. The molecule has 0 aliphatic carbocycles. The van der Waals surface area contributed by atoms with E-state index in [1.54, 1.807) is 12.4 Å². The third-order valence-corrected chi connectivity index (χ3v) is 2.00. The molecule has 0 aromatic carbocycles. The van der Waals surface area contributed by atoms with E-state index < -0.39 is 0 Å². The molecule has 0 fully saturated rings. The zero-order valence-electron chi connectivity index (χ0n) is 8.45. The number of rotatable bonds is 2. The fraction of sp³-hybridized carbons (Fsp3) is 0.364. The quantitative estimate of drug-likeness (QED) is 0.789. The Morgan fingerprint density at radius 3 is 2.93 bits per heavy atom. The zero-order valence-corrected chi connectivity index (χ0v) is 8.45. The first-order chi connectivity index (χ1) is 6.54. The summed E-state index contributed by atoms with van der Waals surface area (Å²) in [5.74, 6) is 0.917. The van der Waals surface area contributed by atoms with Gasteiger partial charge in [0.1, 0.15) is 11.3 Å². The van der Waals surface area contributed by atoms with Crippen molar-refractivity contribution in [2.45, 2.75) is 25.8 Å². The van der Waals surface area contributed by atoms with Crippen molar-refractivity contribution in [1.29, 1.82) is 0 Å². The summed E-state index contributed by atoms with van der Waals surface area (Å²) in [6.45, 7) is 3.97. The maximum absolute atomic E-state index is 5.91. The monoisotopic (exact) mass is 190 g/mol. The summed E-state index contributed by atoms with van der Waals surface area (Å²) in [6, 6.07) is 3.86. The van der Waals surface area contributed by atoms with Gasteiger partial charge in [-0.15, -0.1) is 0 Å². The first kappa shape index (κ1) is 9.21. The maximum atomic E-state index is 5.91. The third kappa shape index (κ3) is 1.93. The summed E-state index contributed by atoms with van der Waals surface area (Å²) >= 11 is 0. The Labute approximate surface area is 82.9 Å². The molecule has 0 amide bonds. The largest absolute Gasteiger partial charge is 0.461 e. The maximum Gasteiger partial charge on any atom is 0.137 e. The van der Waals surface area contributed by atoms with Gasteiger partial charge in [-0.2, -0.15) is 0 Å². The van der Waals surface area contributed by atoms with Crippen LogP contribution in [0.3, 0.4) is 0 Å².